The van der Waals surface area contributed by atoms with Crippen molar-refractivity contribution in [3.8, 4) is 0 Å². The molecule has 106 valence electrons. The van der Waals surface area contributed by atoms with Gasteiger partial charge in [0.2, 0.25) is 0 Å². The molecular formula is C15H23FN2S. The van der Waals surface area contributed by atoms with E-state index in [2.05, 4.69) is 24.3 Å². The molecule has 1 N–H and O–H groups in total. The molecule has 0 amide bonds. The summed E-state index contributed by atoms with van der Waals surface area (Å²) in [5.74, 6) is 0. The maximum atomic E-state index is 13.4. The summed E-state index contributed by atoms with van der Waals surface area (Å²) in [5, 5.41) is 3.46. The van der Waals surface area contributed by atoms with E-state index in [-0.39, 0.29) is 10.7 Å². The van der Waals surface area contributed by atoms with E-state index in [9.17, 15) is 4.39 Å². The molecule has 0 radical (unpaired) electrons. The van der Waals surface area contributed by atoms with Crippen molar-refractivity contribution < 1.29 is 4.39 Å². The minimum absolute atomic E-state index is 0.0564. The van der Waals surface area contributed by atoms with Crippen LogP contribution in [0.2, 0.25) is 0 Å². The van der Waals surface area contributed by atoms with Gasteiger partial charge in [-0.25, -0.2) is 0 Å². The highest BCUT2D eigenvalue weighted by molar-refractivity contribution is 7.10. The molecule has 0 aromatic carbocycles. The number of halogens is 1. The Morgan fingerprint density at radius 3 is 2.37 bits per heavy atom. The predicted molar refractivity (Wildman–Crippen MR) is 78.0 cm³/mol. The van der Waals surface area contributed by atoms with E-state index in [1.165, 1.54) is 48.6 Å². The van der Waals surface area contributed by atoms with Gasteiger partial charge in [0.1, 0.15) is 0 Å². The zero-order chi connectivity index (χ0) is 13.5. The molecule has 19 heavy (non-hydrogen) atoms. The molecule has 0 unspecified atom stereocenters. The molecule has 1 aliphatic carbocycles. The Hall–Kier alpha value is -0.450. The molecule has 0 atom stereocenters. The van der Waals surface area contributed by atoms with Crippen LogP contribution < -0.4 is 5.32 Å². The monoisotopic (exact) mass is 282 g/mol. The number of hydrogen-bond acceptors (Lipinski definition) is 3. The van der Waals surface area contributed by atoms with Crippen molar-refractivity contribution in [2.75, 3.05) is 27.2 Å². The Morgan fingerprint density at radius 1 is 1.16 bits per heavy atom. The summed E-state index contributed by atoms with van der Waals surface area (Å²) >= 11 is 1.33. The first-order chi connectivity index (χ1) is 9.06. The molecule has 1 spiro atoms. The van der Waals surface area contributed by atoms with Gasteiger partial charge in [-0.3, -0.25) is 4.90 Å². The van der Waals surface area contributed by atoms with Crippen molar-refractivity contribution in [2.45, 2.75) is 37.6 Å². The fourth-order valence-electron chi connectivity index (χ4n) is 3.89. The molecule has 1 aromatic rings. The Bertz CT molecular complexity index is 439. The minimum Gasteiger partial charge on any atom is -0.316 e. The van der Waals surface area contributed by atoms with Crippen molar-refractivity contribution >= 4 is 11.3 Å². The zero-order valence-corrected chi connectivity index (χ0v) is 12.7. The fourth-order valence-corrected chi connectivity index (χ4v) is 4.95. The average Bonchev–Trinajstić information content (AvgIpc) is 3.01. The SMILES string of the molecule is CN(C)C1(c2ccc(F)s2)CCC2(CCNC2)CC1. The average molecular weight is 282 g/mol. The largest absolute Gasteiger partial charge is 0.316 e. The maximum Gasteiger partial charge on any atom is 0.176 e. The zero-order valence-electron chi connectivity index (χ0n) is 11.8. The van der Waals surface area contributed by atoms with Crippen LogP contribution >= 0.6 is 11.3 Å². The maximum absolute atomic E-state index is 13.4. The van der Waals surface area contributed by atoms with Crippen molar-refractivity contribution in [3.05, 3.63) is 22.1 Å². The van der Waals surface area contributed by atoms with Crippen molar-refractivity contribution in [3.63, 3.8) is 0 Å². The van der Waals surface area contributed by atoms with E-state index in [0.29, 0.717) is 5.41 Å². The summed E-state index contributed by atoms with van der Waals surface area (Å²) in [4.78, 5) is 3.52. The van der Waals surface area contributed by atoms with Crippen LogP contribution in [0.3, 0.4) is 0 Å². The fraction of sp³-hybridized carbons (Fsp3) is 0.733. The Labute approximate surface area is 119 Å². The van der Waals surface area contributed by atoms with E-state index >= 15 is 0 Å². The molecule has 0 bridgehead atoms. The highest BCUT2D eigenvalue weighted by atomic mass is 32.1. The quantitative estimate of drug-likeness (QED) is 0.896. The molecule has 1 aliphatic heterocycles. The first-order valence-electron chi connectivity index (χ1n) is 7.20. The second kappa shape index (κ2) is 4.83. The molecule has 3 rings (SSSR count). The number of hydrogen-bond donors (Lipinski definition) is 1. The molecule has 2 nitrogen and oxygen atoms in total. The van der Waals surface area contributed by atoms with Gasteiger partial charge < -0.3 is 5.32 Å². The van der Waals surface area contributed by atoms with Gasteiger partial charge in [-0.2, -0.15) is 4.39 Å². The molecule has 1 aromatic heterocycles. The van der Waals surface area contributed by atoms with E-state index in [4.69, 9.17) is 0 Å². The lowest BCUT2D eigenvalue weighted by Gasteiger charge is -2.48. The second-order valence-electron chi connectivity index (χ2n) is 6.46. The number of nitrogens with zero attached hydrogens (tertiary/aromatic N) is 1. The number of rotatable bonds is 2. The van der Waals surface area contributed by atoms with E-state index in [1.807, 2.05) is 6.07 Å². The van der Waals surface area contributed by atoms with Crippen molar-refractivity contribution in [1.82, 2.24) is 10.2 Å². The smallest absolute Gasteiger partial charge is 0.176 e. The topological polar surface area (TPSA) is 15.3 Å². The highest BCUT2D eigenvalue weighted by Gasteiger charge is 2.46. The first-order valence-corrected chi connectivity index (χ1v) is 8.02. The van der Waals surface area contributed by atoms with Gasteiger partial charge in [0.15, 0.2) is 5.13 Å². The van der Waals surface area contributed by atoms with E-state index < -0.39 is 0 Å². The molecule has 2 heterocycles. The summed E-state index contributed by atoms with van der Waals surface area (Å²) in [6, 6.07) is 3.61. The molecule has 1 saturated carbocycles. The minimum atomic E-state index is -0.0564. The van der Waals surface area contributed by atoms with Crippen LogP contribution in [0.5, 0.6) is 0 Å². The van der Waals surface area contributed by atoms with Gasteiger partial charge in [0.05, 0.1) is 5.54 Å². The lowest BCUT2D eigenvalue weighted by Crippen LogP contribution is -2.46. The third-order valence-corrected chi connectivity index (χ3v) is 6.42. The van der Waals surface area contributed by atoms with Crippen LogP contribution in [0.25, 0.3) is 0 Å². The van der Waals surface area contributed by atoms with Crippen LogP contribution in [-0.4, -0.2) is 32.1 Å². The molecule has 1 saturated heterocycles. The predicted octanol–water partition coefficient (Wildman–Crippen LogP) is 3.20. The van der Waals surface area contributed by atoms with Gasteiger partial charge in [-0.05, 0) is 70.3 Å². The first kappa shape index (κ1) is 13.5. The molecule has 4 heteroatoms. The summed E-state index contributed by atoms with van der Waals surface area (Å²) in [5.41, 5.74) is 0.582. The van der Waals surface area contributed by atoms with Gasteiger partial charge in [0.25, 0.3) is 0 Å². The van der Waals surface area contributed by atoms with Crippen LogP contribution in [0, 0.1) is 10.5 Å². The molecule has 2 fully saturated rings. The van der Waals surface area contributed by atoms with Crippen LogP contribution in [0.1, 0.15) is 37.0 Å². The van der Waals surface area contributed by atoms with Crippen LogP contribution in [0.15, 0.2) is 12.1 Å². The van der Waals surface area contributed by atoms with E-state index in [0.717, 1.165) is 12.8 Å². The Morgan fingerprint density at radius 2 is 1.89 bits per heavy atom. The van der Waals surface area contributed by atoms with Gasteiger partial charge >= 0.3 is 0 Å². The summed E-state index contributed by atoms with van der Waals surface area (Å²) < 4.78 is 13.4. The standard InChI is InChI=1S/C15H23FN2S/c1-18(2)15(12-3-4-13(16)19-12)7-5-14(6-8-15)9-10-17-11-14/h3-4,17H,5-11H2,1-2H3. The Kier molecular flexibility index (Phi) is 3.44. The molecular weight excluding hydrogens is 259 g/mol. The Balaban J connectivity index is 1.84. The third kappa shape index (κ3) is 2.24. The highest BCUT2D eigenvalue weighted by Crippen LogP contribution is 2.51. The van der Waals surface area contributed by atoms with Crippen molar-refractivity contribution in [1.29, 1.82) is 0 Å². The molecule has 2 aliphatic rings. The lowest BCUT2D eigenvalue weighted by molar-refractivity contribution is 0.0459. The van der Waals surface area contributed by atoms with E-state index in [1.54, 1.807) is 6.07 Å². The second-order valence-corrected chi connectivity index (χ2v) is 7.49. The van der Waals surface area contributed by atoms with Gasteiger partial charge in [-0.15, -0.1) is 11.3 Å². The summed E-state index contributed by atoms with van der Waals surface area (Å²) in [7, 11) is 4.28. The van der Waals surface area contributed by atoms with Crippen molar-refractivity contribution in [2.24, 2.45) is 5.41 Å². The van der Waals surface area contributed by atoms with Gasteiger partial charge in [-0.1, -0.05) is 0 Å². The normalized spacial score (nSPS) is 35.4. The van der Waals surface area contributed by atoms with Crippen LogP contribution in [-0.2, 0) is 5.54 Å². The summed E-state index contributed by atoms with van der Waals surface area (Å²) in [6.45, 7) is 2.35. The third-order valence-electron chi connectivity index (χ3n) is 5.36. The van der Waals surface area contributed by atoms with Crippen LogP contribution in [0.4, 0.5) is 4.39 Å². The number of thiophene rings is 1. The lowest BCUT2D eigenvalue weighted by atomic mass is 9.66. The van der Waals surface area contributed by atoms with Gasteiger partial charge in [0, 0.05) is 11.4 Å². The number of nitrogens with one attached hydrogen (secondary N) is 1. The summed E-state index contributed by atoms with van der Waals surface area (Å²) in [6.07, 6.45) is 6.15.